The van der Waals surface area contributed by atoms with Crippen LogP contribution in [-0.4, -0.2) is 12.6 Å². The van der Waals surface area contributed by atoms with Crippen LogP contribution in [-0.2, 0) is 17.8 Å². The van der Waals surface area contributed by atoms with E-state index < -0.39 is 0 Å². The van der Waals surface area contributed by atoms with Crippen LogP contribution >= 0.6 is 0 Å². The summed E-state index contributed by atoms with van der Waals surface area (Å²) in [6.07, 6.45) is 0.485. The highest BCUT2D eigenvalue weighted by Crippen LogP contribution is 2.28. The Labute approximate surface area is 88.5 Å². The Morgan fingerprint density at radius 1 is 1.53 bits per heavy atom. The first-order chi connectivity index (χ1) is 7.18. The molecular weight excluding hydrogens is 192 g/mol. The van der Waals surface area contributed by atoms with Crippen molar-refractivity contribution in [3.05, 3.63) is 28.8 Å². The molecule has 0 unspecified atom stereocenters. The molecule has 1 aliphatic heterocycles. The zero-order chi connectivity index (χ0) is 10.8. The molecule has 15 heavy (non-hydrogen) atoms. The van der Waals surface area contributed by atoms with Gasteiger partial charge in [-0.3, -0.25) is 5.41 Å². The maximum atomic E-state index is 7.28. The molecule has 0 aromatic heterocycles. The summed E-state index contributed by atoms with van der Waals surface area (Å²) in [7, 11) is 0. The number of hydrogen-bond acceptors (Lipinski definition) is 3. The standard InChI is InChI=1S/C11H14N2O2/c1-7-8(4-11(12)13)2-3-10-9(7)5-14-6-15-10/h2-3H,4-6H2,1H3,(H3,12,13). The van der Waals surface area contributed by atoms with E-state index in [1.54, 1.807) is 0 Å². The van der Waals surface area contributed by atoms with Gasteiger partial charge in [-0.1, -0.05) is 6.07 Å². The molecule has 4 heteroatoms. The van der Waals surface area contributed by atoms with Gasteiger partial charge in [0.25, 0.3) is 0 Å². The second kappa shape index (κ2) is 3.90. The molecule has 0 amide bonds. The van der Waals surface area contributed by atoms with Crippen molar-refractivity contribution in [3.63, 3.8) is 0 Å². The van der Waals surface area contributed by atoms with Gasteiger partial charge in [0, 0.05) is 12.0 Å². The summed E-state index contributed by atoms with van der Waals surface area (Å²) in [5.74, 6) is 1.06. The first-order valence-corrected chi connectivity index (χ1v) is 4.83. The minimum Gasteiger partial charge on any atom is -0.467 e. The molecule has 0 saturated heterocycles. The Hall–Kier alpha value is -1.55. The molecule has 1 aliphatic rings. The predicted octanol–water partition coefficient (Wildman–Crippen LogP) is 1.34. The second-order valence-corrected chi connectivity index (χ2v) is 3.64. The van der Waals surface area contributed by atoms with E-state index in [0.717, 1.165) is 22.4 Å². The summed E-state index contributed by atoms with van der Waals surface area (Å²) in [5.41, 5.74) is 8.64. The van der Waals surface area contributed by atoms with Crippen molar-refractivity contribution in [3.8, 4) is 5.75 Å². The SMILES string of the molecule is Cc1c(CC(=N)N)ccc2c1COCO2. The van der Waals surface area contributed by atoms with E-state index in [-0.39, 0.29) is 5.84 Å². The van der Waals surface area contributed by atoms with Gasteiger partial charge in [0.2, 0.25) is 0 Å². The lowest BCUT2D eigenvalue weighted by Gasteiger charge is -2.21. The summed E-state index contributed by atoms with van der Waals surface area (Å²) in [6.45, 7) is 2.90. The minimum absolute atomic E-state index is 0.177. The lowest BCUT2D eigenvalue weighted by molar-refractivity contribution is -0.0167. The quantitative estimate of drug-likeness (QED) is 0.566. The van der Waals surface area contributed by atoms with Crippen molar-refractivity contribution in [1.29, 1.82) is 5.41 Å². The van der Waals surface area contributed by atoms with Crippen LogP contribution in [0, 0.1) is 12.3 Å². The van der Waals surface area contributed by atoms with Crippen LogP contribution in [0.25, 0.3) is 0 Å². The second-order valence-electron chi connectivity index (χ2n) is 3.64. The fraction of sp³-hybridized carbons (Fsp3) is 0.364. The van der Waals surface area contributed by atoms with Gasteiger partial charge in [0.1, 0.15) is 5.75 Å². The third kappa shape index (κ3) is 1.94. The topological polar surface area (TPSA) is 68.3 Å². The molecule has 80 valence electrons. The normalized spacial score (nSPS) is 14.2. The van der Waals surface area contributed by atoms with E-state index in [1.807, 2.05) is 19.1 Å². The summed E-state index contributed by atoms with van der Waals surface area (Å²) < 4.78 is 10.6. The highest BCUT2D eigenvalue weighted by molar-refractivity contribution is 5.80. The van der Waals surface area contributed by atoms with E-state index in [9.17, 15) is 0 Å². The summed E-state index contributed by atoms with van der Waals surface area (Å²) in [5, 5.41) is 7.28. The zero-order valence-corrected chi connectivity index (χ0v) is 8.67. The molecule has 1 aromatic carbocycles. The third-order valence-electron chi connectivity index (χ3n) is 2.59. The number of hydrogen-bond donors (Lipinski definition) is 2. The monoisotopic (exact) mass is 206 g/mol. The third-order valence-corrected chi connectivity index (χ3v) is 2.59. The number of rotatable bonds is 2. The van der Waals surface area contributed by atoms with Gasteiger partial charge in [0.05, 0.1) is 12.4 Å². The zero-order valence-electron chi connectivity index (χ0n) is 8.67. The maximum Gasteiger partial charge on any atom is 0.189 e. The van der Waals surface area contributed by atoms with Crippen molar-refractivity contribution in [2.45, 2.75) is 20.0 Å². The van der Waals surface area contributed by atoms with Crippen LogP contribution in [0.4, 0.5) is 0 Å². The number of nitrogens with two attached hydrogens (primary N) is 1. The van der Waals surface area contributed by atoms with Crippen molar-refractivity contribution in [1.82, 2.24) is 0 Å². The Morgan fingerprint density at radius 3 is 3.07 bits per heavy atom. The number of benzene rings is 1. The lowest BCUT2D eigenvalue weighted by Crippen LogP contribution is -2.16. The van der Waals surface area contributed by atoms with Gasteiger partial charge in [-0.2, -0.15) is 0 Å². The smallest absolute Gasteiger partial charge is 0.189 e. The van der Waals surface area contributed by atoms with E-state index in [4.69, 9.17) is 20.6 Å². The van der Waals surface area contributed by atoms with Crippen molar-refractivity contribution < 1.29 is 9.47 Å². The van der Waals surface area contributed by atoms with E-state index in [1.165, 1.54) is 0 Å². The molecule has 0 aliphatic carbocycles. The first kappa shape index (κ1) is 9.98. The Bertz CT molecular complexity index is 402. The van der Waals surface area contributed by atoms with Gasteiger partial charge in [-0.25, -0.2) is 0 Å². The van der Waals surface area contributed by atoms with Crippen molar-refractivity contribution in [2.75, 3.05) is 6.79 Å². The Kier molecular flexibility index (Phi) is 2.60. The molecule has 1 heterocycles. The molecule has 0 saturated carbocycles. The Morgan fingerprint density at radius 2 is 2.33 bits per heavy atom. The van der Waals surface area contributed by atoms with Crippen LogP contribution in [0.2, 0.25) is 0 Å². The van der Waals surface area contributed by atoms with Crippen LogP contribution in [0.1, 0.15) is 16.7 Å². The molecule has 0 radical (unpaired) electrons. The maximum absolute atomic E-state index is 7.28. The van der Waals surface area contributed by atoms with Gasteiger partial charge in [-0.15, -0.1) is 0 Å². The van der Waals surface area contributed by atoms with Crippen LogP contribution in [0.15, 0.2) is 12.1 Å². The average molecular weight is 206 g/mol. The average Bonchev–Trinajstić information content (AvgIpc) is 2.22. The number of fused-ring (bicyclic) bond motifs is 1. The molecule has 0 fully saturated rings. The highest BCUT2D eigenvalue weighted by atomic mass is 16.7. The fourth-order valence-electron chi connectivity index (χ4n) is 1.74. The Balaban J connectivity index is 2.38. The van der Waals surface area contributed by atoms with Gasteiger partial charge in [-0.05, 0) is 24.1 Å². The number of ether oxygens (including phenoxy) is 2. The molecule has 4 nitrogen and oxygen atoms in total. The van der Waals surface area contributed by atoms with Gasteiger partial charge >= 0.3 is 0 Å². The molecule has 2 rings (SSSR count). The number of amidine groups is 1. The highest BCUT2D eigenvalue weighted by Gasteiger charge is 2.15. The lowest BCUT2D eigenvalue weighted by atomic mass is 9.99. The van der Waals surface area contributed by atoms with E-state index >= 15 is 0 Å². The van der Waals surface area contributed by atoms with Crippen molar-refractivity contribution in [2.24, 2.45) is 5.73 Å². The molecular formula is C11H14N2O2. The van der Waals surface area contributed by atoms with E-state index in [0.29, 0.717) is 19.8 Å². The molecule has 1 aromatic rings. The first-order valence-electron chi connectivity index (χ1n) is 4.83. The largest absolute Gasteiger partial charge is 0.467 e. The van der Waals surface area contributed by atoms with E-state index in [2.05, 4.69) is 0 Å². The number of nitrogens with one attached hydrogen (secondary N) is 1. The molecule has 0 atom stereocenters. The summed E-state index contributed by atoms with van der Waals surface area (Å²) in [4.78, 5) is 0. The fourth-order valence-corrected chi connectivity index (χ4v) is 1.74. The minimum atomic E-state index is 0.177. The molecule has 0 bridgehead atoms. The summed E-state index contributed by atoms with van der Waals surface area (Å²) in [6, 6.07) is 3.88. The van der Waals surface area contributed by atoms with Crippen LogP contribution in [0.5, 0.6) is 5.75 Å². The van der Waals surface area contributed by atoms with Crippen LogP contribution in [0.3, 0.4) is 0 Å². The van der Waals surface area contributed by atoms with Gasteiger partial charge < -0.3 is 15.2 Å². The molecule has 0 spiro atoms. The predicted molar refractivity (Wildman–Crippen MR) is 57.1 cm³/mol. The van der Waals surface area contributed by atoms with Crippen molar-refractivity contribution >= 4 is 5.84 Å². The van der Waals surface area contributed by atoms with Crippen LogP contribution < -0.4 is 10.5 Å². The molecule has 3 N–H and O–H groups in total. The summed E-state index contributed by atoms with van der Waals surface area (Å²) >= 11 is 0. The van der Waals surface area contributed by atoms with Gasteiger partial charge in [0.15, 0.2) is 6.79 Å².